The highest BCUT2D eigenvalue weighted by molar-refractivity contribution is 7.09. The molecule has 7 nitrogen and oxygen atoms in total. The van der Waals surface area contributed by atoms with Crippen molar-refractivity contribution in [3.63, 3.8) is 0 Å². The van der Waals surface area contributed by atoms with Crippen LogP contribution in [0, 0.1) is 13.8 Å². The van der Waals surface area contributed by atoms with Crippen LogP contribution in [0.1, 0.15) is 22.8 Å². The van der Waals surface area contributed by atoms with E-state index < -0.39 is 0 Å². The van der Waals surface area contributed by atoms with Crippen LogP contribution in [0.3, 0.4) is 0 Å². The standard InChI is InChI=1S/C16H20N6OS/c1-11-14-15(17-10-18-16(14)23-20-11)22-5-3-4-21(6-7-22)8-13-9-24-12(2)19-13/h9-10H,3-8H2,1-2H3. The van der Waals surface area contributed by atoms with Gasteiger partial charge in [-0.3, -0.25) is 4.90 Å². The number of anilines is 1. The summed E-state index contributed by atoms with van der Waals surface area (Å²) in [7, 11) is 0. The fraction of sp³-hybridized carbons (Fsp3) is 0.500. The van der Waals surface area contributed by atoms with Crippen molar-refractivity contribution in [2.75, 3.05) is 31.1 Å². The zero-order valence-corrected chi connectivity index (χ0v) is 14.7. The first-order valence-electron chi connectivity index (χ1n) is 8.16. The van der Waals surface area contributed by atoms with Gasteiger partial charge in [0, 0.05) is 38.1 Å². The summed E-state index contributed by atoms with van der Waals surface area (Å²) in [6.45, 7) is 8.89. The molecule has 1 saturated heterocycles. The Balaban J connectivity index is 1.51. The summed E-state index contributed by atoms with van der Waals surface area (Å²) in [4.78, 5) is 18.0. The Morgan fingerprint density at radius 3 is 2.92 bits per heavy atom. The van der Waals surface area contributed by atoms with Crippen molar-refractivity contribution in [2.24, 2.45) is 0 Å². The Morgan fingerprint density at radius 1 is 1.17 bits per heavy atom. The van der Waals surface area contributed by atoms with E-state index in [-0.39, 0.29) is 0 Å². The van der Waals surface area contributed by atoms with E-state index in [1.165, 1.54) is 5.69 Å². The second kappa shape index (κ2) is 6.45. The van der Waals surface area contributed by atoms with Gasteiger partial charge in [-0.1, -0.05) is 5.16 Å². The van der Waals surface area contributed by atoms with Gasteiger partial charge in [0.1, 0.15) is 17.5 Å². The van der Waals surface area contributed by atoms with Crippen LogP contribution in [0.2, 0.25) is 0 Å². The second-order valence-electron chi connectivity index (χ2n) is 6.12. The molecule has 1 aliphatic rings. The SMILES string of the molecule is Cc1nc(CN2CCCN(c3ncnc4onc(C)c34)CC2)cs1. The summed E-state index contributed by atoms with van der Waals surface area (Å²) in [6, 6.07) is 0. The summed E-state index contributed by atoms with van der Waals surface area (Å²) >= 11 is 1.72. The molecule has 8 heteroatoms. The van der Waals surface area contributed by atoms with Crippen molar-refractivity contribution in [2.45, 2.75) is 26.8 Å². The van der Waals surface area contributed by atoms with Gasteiger partial charge in [0.2, 0.25) is 0 Å². The van der Waals surface area contributed by atoms with Gasteiger partial charge in [-0.2, -0.15) is 4.98 Å². The van der Waals surface area contributed by atoms with E-state index in [1.807, 2.05) is 6.92 Å². The van der Waals surface area contributed by atoms with Gasteiger partial charge in [0.15, 0.2) is 0 Å². The van der Waals surface area contributed by atoms with Gasteiger partial charge in [-0.25, -0.2) is 9.97 Å². The average Bonchev–Trinajstić information content (AvgIpc) is 3.07. The van der Waals surface area contributed by atoms with Crippen LogP contribution >= 0.6 is 11.3 Å². The highest BCUT2D eigenvalue weighted by atomic mass is 32.1. The Labute approximate surface area is 144 Å². The molecular weight excluding hydrogens is 324 g/mol. The third-order valence-corrected chi connectivity index (χ3v) is 5.19. The fourth-order valence-electron chi connectivity index (χ4n) is 3.19. The molecule has 0 aromatic carbocycles. The highest BCUT2D eigenvalue weighted by Gasteiger charge is 2.21. The zero-order chi connectivity index (χ0) is 16.5. The number of aryl methyl sites for hydroxylation is 2. The molecule has 3 aromatic rings. The molecule has 0 spiro atoms. The Kier molecular flexibility index (Phi) is 4.15. The summed E-state index contributed by atoms with van der Waals surface area (Å²) in [5, 5.41) is 8.25. The number of thiazole rings is 1. The lowest BCUT2D eigenvalue weighted by Gasteiger charge is -2.22. The van der Waals surface area contributed by atoms with Crippen LogP contribution in [-0.2, 0) is 6.54 Å². The lowest BCUT2D eigenvalue weighted by molar-refractivity contribution is 0.282. The van der Waals surface area contributed by atoms with E-state index in [0.29, 0.717) is 5.71 Å². The van der Waals surface area contributed by atoms with E-state index in [0.717, 1.165) is 61.1 Å². The summed E-state index contributed by atoms with van der Waals surface area (Å²) in [5.74, 6) is 0.935. The van der Waals surface area contributed by atoms with Crippen LogP contribution in [0.5, 0.6) is 0 Å². The first kappa shape index (κ1) is 15.5. The molecule has 4 heterocycles. The number of nitrogens with zero attached hydrogens (tertiary/aromatic N) is 6. The van der Waals surface area contributed by atoms with E-state index in [1.54, 1.807) is 17.7 Å². The summed E-state index contributed by atoms with van der Waals surface area (Å²) in [5.41, 5.74) is 2.58. The third-order valence-electron chi connectivity index (χ3n) is 4.36. The lowest BCUT2D eigenvalue weighted by Crippen LogP contribution is -2.31. The minimum atomic E-state index is 0.566. The van der Waals surface area contributed by atoms with Gasteiger partial charge in [-0.05, 0) is 20.3 Å². The smallest absolute Gasteiger partial charge is 0.263 e. The maximum Gasteiger partial charge on any atom is 0.263 e. The Bertz CT molecular complexity index is 844. The molecule has 0 radical (unpaired) electrons. The van der Waals surface area contributed by atoms with Gasteiger partial charge >= 0.3 is 0 Å². The minimum absolute atomic E-state index is 0.566. The fourth-order valence-corrected chi connectivity index (χ4v) is 3.80. The first-order valence-corrected chi connectivity index (χ1v) is 9.04. The topological polar surface area (TPSA) is 71.2 Å². The molecule has 1 fully saturated rings. The normalized spacial score (nSPS) is 16.7. The molecule has 0 bridgehead atoms. The molecule has 0 unspecified atom stereocenters. The maximum atomic E-state index is 5.27. The second-order valence-corrected chi connectivity index (χ2v) is 7.18. The Morgan fingerprint density at radius 2 is 2.08 bits per heavy atom. The van der Waals surface area contributed by atoms with Crippen molar-refractivity contribution < 1.29 is 4.52 Å². The third kappa shape index (κ3) is 2.99. The van der Waals surface area contributed by atoms with E-state index in [2.05, 4.69) is 42.2 Å². The molecule has 1 aliphatic heterocycles. The van der Waals surface area contributed by atoms with Crippen molar-refractivity contribution in [3.8, 4) is 0 Å². The molecule has 24 heavy (non-hydrogen) atoms. The van der Waals surface area contributed by atoms with Crippen molar-refractivity contribution >= 4 is 28.3 Å². The highest BCUT2D eigenvalue weighted by Crippen LogP contribution is 2.26. The zero-order valence-electron chi connectivity index (χ0n) is 13.9. The number of aromatic nitrogens is 4. The van der Waals surface area contributed by atoms with E-state index in [4.69, 9.17) is 4.52 Å². The molecule has 0 saturated carbocycles. The van der Waals surface area contributed by atoms with E-state index >= 15 is 0 Å². The predicted molar refractivity (Wildman–Crippen MR) is 93.3 cm³/mol. The quantitative estimate of drug-likeness (QED) is 0.722. The van der Waals surface area contributed by atoms with Crippen LogP contribution in [-0.4, -0.2) is 51.2 Å². The molecular formula is C16H20N6OS. The summed E-state index contributed by atoms with van der Waals surface area (Å²) in [6.07, 6.45) is 2.65. The summed E-state index contributed by atoms with van der Waals surface area (Å²) < 4.78 is 5.27. The first-order chi connectivity index (χ1) is 11.7. The number of hydrogen-bond donors (Lipinski definition) is 0. The monoisotopic (exact) mass is 344 g/mol. The van der Waals surface area contributed by atoms with Gasteiger partial charge in [-0.15, -0.1) is 11.3 Å². The number of fused-ring (bicyclic) bond motifs is 1. The molecule has 0 amide bonds. The molecule has 0 aliphatic carbocycles. The van der Waals surface area contributed by atoms with Gasteiger partial charge in [0.05, 0.1) is 16.4 Å². The number of rotatable bonds is 3. The molecule has 4 rings (SSSR count). The molecule has 3 aromatic heterocycles. The van der Waals surface area contributed by atoms with Crippen molar-refractivity contribution in [1.29, 1.82) is 0 Å². The van der Waals surface area contributed by atoms with Crippen LogP contribution in [0.25, 0.3) is 11.1 Å². The predicted octanol–water partition coefficient (Wildman–Crippen LogP) is 2.40. The van der Waals surface area contributed by atoms with Crippen molar-refractivity contribution in [1.82, 2.24) is 25.0 Å². The molecule has 126 valence electrons. The van der Waals surface area contributed by atoms with Crippen molar-refractivity contribution in [3.05, 3.63) is 28.1 Å². The molecule has 0 atom stereocenters. The van der Waals surface area contributed by atoms with Gasteiger partial charge in [0.25, 0.3) is 5.71 Å². The molecule has 0 N–H and O–H groups in total. The average molecular weight is 344 g/mol. The number of hydrogen-bond acceptors (Lipinski definition) is 8. The van der Waals surface area contributed by atoms with Gasteiger partial charge < -0.3 is 9.42 Å². The van der Waals surface area contributed by atoms with Crippen LogP contribution in [0.15, 0.2) is 16.2 Å². The van der Waals surface area contributed by atoms with E-state index in [9.17, 15) is 0 Å². The minimum Gasteiger partial charge on any atom is -0.355 e. The largest absolute Gasteiger partial charge is 0.355 e. The van der Waals surface area contributed by atoms with Crippen LogP contribution < -0.4 is 4.90 Å². The Hall–Kier alpha value is -2.06. The van der Waals surface area contributed by atoms with Crippen LogP contribution in [0.4, 0.5) is 5.82 Å². The lowest BCUT2D eigenvalue weighted by atomic mass is 10.2. The maximum absolute atomic E-state index is 5.27.